The number of nitrogens with one attached hydrogen (secondary N) is 1. The molecule has 0 bridgehead atoms. The van der Waals surface area contributed by atoms with Crippen LogP contribution < -0.4 is 17.0 Å². The van der Waals surface area contributed by atoms with Gasteiger partial charge in [0, 0.05) is 10.6 Å². The second kappa shape index (κ2) is 6.28. The van der Waals surface area contributed by atoms with E-state index in [1.165, 1.54) is 4.90 Å². The second-order valence-electron chi connectivity index (χ2n) is 2.57. The van der Waals surface area contributed by atoms with Gasteiger partial charge in [0.25, 0.3) is 0 Å². The van der Waals surface area contributed by atoms with Crippen LogP contribution in [0.4, 0.5) is 0 Å². The van der Waals surface area contributed by atoms with Crippen LogP contribution in [0.15, 0.2) is 40.2 Å². The van der Waals surface area contributed by atoms with E-state index in [0.29, 0.717) is 6.54 Å². The number of hydrogen-bond acceptors (Lipinski definition) is 3. The standard InChI is InChI=1S/C9H14N4S/c10-9(13-11)12-6-7-14-8-4-2-1-3-5-8/h1-5H,6-7,11H2,(H3,10,12,13). The van der Waals surface area contributed by atoms with Crippen molar-refractivity contribution >= 4 is 17.7 Å². The third-order valence-corrected chi connectivity index (χ3v) is 2.53. The van der Waals surface area contributed by atoms with Crippen molar-refractivity contribution in [3.63, 3.8) is 0 Å². The quantitative estimate of drug-likeness (QED) is 0.169. The van der Waals surface area contributed by atoms with E-state index in [0.717, 1.165) is 5.75 Å². The van der Waals surface area contributed by atoms with Gasteiger partial charge in [0.1, 0.15) is 0 Å². The molecular weight excluding hydrogens is 196 g/mol. The normalized spacial score (nSPS) is 11.4. The van der Waals surface area contributed by atoms with E-state index >= 15 is 0 Å². The second-order valence-corrected chi connectivity index (χ2v) is 3.74. The van der Waals surface area contributed by atoms with E-state index in [9.17, 15) is 0 Å². The average molecular weight is 210 g/mol. The predicted octanol–water partition coefficient (Wildman–Crippen LogP) is 0.557. The van der Waals surface area contributed by atoms with Gasteiger partial charge < -0.3 is 5.73 Å². The smallest absolute Gasteiger partial charge is 0.203 e. The van der Waals surface area contributed by atoms with Crippen molar-refractivity contribution < 1.29 is 0 Å². The fourth-order valence-corrected chi connectivity index (χ4v) is 1.66. The summed E-state index contributed by atoms with van der Waals surface area (Å²) in [7, 11) is 0. The Labute approximate surface area is 87.7 Å². The maximum Gasteiger partial charge on any atom is 0.203 e. The van der Waals surface area contributed by atoms with Crippen molar-refractivity contribution in [2.24, 2.45) is 16.6 Å². The molecule has 0 aliphatic heterocycles. The Bertz CT molecular complexity index is 286. The highest BCUT2D eigenvalue weighted by Gasteiger charge is 1.91. The molecule has 76 valence electrons. The molecule has 0 aliphatic rings. The minimum absolute atomic E-state index is 0.277. The Kier molecular flexibility index (Phi) is 4.88. The van der Waals surface area contributed by atoms with E-state index in [2.05, 4.69) is 22.6 Å². The van der Waals surface area contributed by atoms with Gasteiger partial charge in [-0.3, -0.25) is 10.4 Å². The number of thioether (sulfide) groups is 1. The number of guanidine groups is 1. The van der Waals surface area contributed by atoms with Gasteiger partial charge in [0.15, 0.2) is 0 Å². The third kappa shape index (κ3) is 4.15. The molecular formula is C9H14N4S. The van der Waals surface area contributed by atoms with Gasteiger partial charge in [0.05, 0.1) is 6.54 Å². The van der Waals surface area contributed by atoms with Gasteiger partial charge in [-0.2, -0.15) is 0 Å². The Hall–Kier alpha value is -1.20. The molecule has 1 rings (SSSR count). The minimum Gasteiger partial charge on any atom is -0.369 e. The van der Waals surface area contributed by atoms with Gasteiger partial charge in [-0.1, -0.05) is 18.2 Å². The molecule has 5 N–H and O–H groups in total. The number of hydrogen-bond donors (Lipinski definition) is 3. The molecule has 0 aromatic heterocycles. The van der Waals surface area contributed by atoms with Crippen LogP contribution in [0.5, 0.6) is 0 Å². The fourth-order valence-electron chi connectivity index (χ4n) is 0.892. The van der Waals surface area contributed by atoms with E-state index < -0.39 is 0 Å². The molecule has 0 fully saturated rings. The monoisotopic (exact) mass is 210 g/mol. The number of rotatable bonds is 4. The van der Waals surface area contributed by atoms with Crippen molar-refractivity contribution in [2.75, 3.05) is 12.3 Å². The molecule has 0 aliphatic carbocycles. The highest BCUT2D eigenvalue weighted by Crippen LogP contribution is 2.15. The first-order chi connectivity index (χ1) is 6.83. The summed E-state index contributed by atoms with van der Waals surface area (Å²) in [5.74, 6) is 6.22. The van der Waals surface area contributed by atoms with Gasteiger partial charge in [-0.25, -0.2) is 5.84 Å². The molecule has 5 heteroatoms. The highest BCUT2D eigenvalue weighted by molar-refractivity contribution is 7.99. The van der Waals surface area contributed by atoms with E-state index in [1.807, 2.05) is 18.2 Å². The topological polar surface area (TPSA) is 76.4 Å². The summed E-state index contributed by atoms with van der Waals surface area (Å²) in [6.45, 7) is 0.662. The summed E-state index contributed by atoms with van der Waals surface area (Å²) in [6.07, 6.45) is 0. The first-order valence-corrected chi connectivity index (χ1v) is 5.26. The highest BCUT2D eigenvalue weighted by atomic mass is 32.2. The summed E-state index contributed by atoms with van der Waals surface area (Å²) in [4.78, 5) is 5.23. The molecule has 0 unspecified atom stereocenters. The Morgan fingerprint density at radius 3 is 2.71 bits per heavy atom. The van der Waals surface area contributed by atoms with Crippen molar-refractivity contribution in [1.29, 1.82) is 0 Å². The minimum atomic E-state index is 0.277. The van der Waals surface area contributed by atoms with E-state index in [4.69, 9.17) is 11.6 Å². The van der Waals surface area contributed by atoms with E-state index in [1.54, 1.807) is 11.8 Å². The summed E-state index contributed by atoms with van der Waals surface area (Å²) >= 11 is 1.74. The number of aliphatic imine (C=N–C) groups is 1. The number of hydrazine groups is 1. The SMILES string of the molecule is NNC(N)=NCCSc1ccccc1. The molecule has 0 atom stereocenters. The zero-order valence-electron chi connectivity index (χ0n) is 7.81. The maximum absolute atomic E-state index is 5.36. The lowest BCUT2D eigenvalue weighted by molar-refractivity contribution is 0.978. The van der Waals surface area contributed by atoms with E-state index in [-0.39, 0.29) is 5.96 Å². The molecule has 4 nitrogen and oxygen atoms in total. The van der Waals surface area contributed by atoms with Gasteiger partial charge in [0.2, 0.25) is 5.96 Å². The zero-order valence-corrected chi connectivity index (χ0v) is 8.63. The molecule has 0 amide bonds. The molecule has 0 saturated carbocycles. The van der Waals surface area contributed by atoms with Crippen LogP contribution >= 0.6 is 11.8 Å². The molecule has 1 aromatic rings. The first-order valence-electron chi connectivity index (χ1n) is 4.27. The lowest BCUT2D eigenvalue weighted by Crippen LogP contribution is -2.37. The van der Waals surface area contributed by atoms with Crippen molar-refractivity contribution in [1.82, 2.24) is 5.43 Å². The summed E-state index contributed by atoms with van der Waals surface area (Å²) in [6, 6.07) is 10.2. The van der Waals surface area contributed by atoms with Crippen LogP contribution in [0.3, 0.4) is 0 Å². The maximum atomic E-state index is 5.36. The number of nitrogens with two attached hydrogens (primary N) is 2. The summed E-state index contributed by atoms with van der Waals surface area (Å²) < 4.78 is 0. The van der Waals surface area contributed by atoms with Gasteiger partial charge in [-0.15, -0.1) is 11.8 Å². The number of nitrogens with zero attached hydrogens (tertiary/aromatic N) is 1. The van der Waals surface area contributed by atoms with Crippen LogP contribution in [0.2, 0.25) is 0 Å². The van der Waals surface area contributed by atoms with Crippen LogP contribution in [0, 0.1) is 0 Å². The lowest BCUT2D eigenvalue weighted by Gasteiger charge is -1.99. The third-order valence-electron chi connectivity index (χ3n) is 1.53. The molecule has 0 radical (unpaired) electrons. The predicted molar refractivity (Wildman–Crippen MR) is 61.0 cm³/mol. The fraction of sp³-hybridized carbons (Fsp3) is 0.222. The summed E-state index contributed by atoms with van der Waals surface area (Å²) in [5, 5.41) is 0. The van der Waals surface area contributed by atoms with Crippen LogP contribution in [-0.4, -0.2) is 18.3 Å². The zero-order chi connectivity index (χ0) is 10.2. The number of benzene rings is 1. The molecule has 0 heterocycles. The molecule has 1 aromatic carbocycles. The van der Waals surface area contributed by atoms with Crippen LogP contribution in [0.1, 0.15) is 0 Å². The lowest BCUT2D eigenvalue weighted by atomic mass is 10.4. The Balaban J connectivity index is 2.23. The van der Waals surface area contributed by atoms with Crippen LogP contribution in [-0.2, 0) is 0 Å². The molecule has 0 spiro atoms. The Morgan fingerprint density at radius 1 is 1.36 bits per heavy atom. The molecule has 14 heavy (non-hydrogen) atoms. The largest absolute Gasteiger partial charge is 0.369 e. The first kappa shape index (κ1) is 10.9. The molecule has 0 saturated heterocycles. The van der Waals surface area contributed by atoms with Crippen LogP contribution in [0.25, 0.3) is 0 Å². The van der Waals surface area contributed by atoms with Gasteiger partial charge >= 0.3 is 0 Å². The van der Waals surface area contributed by atoms with Gasteiger partial charge in [-0.05, 0) is 12.1 Å². The summed E-state index contributed by atoms with van der Waals surface area (Å²) in [5.41, 5.74) is 7.64. The van der Waals surface area contributed by atoms with Crippen molar-refractivity contribution in [3.05, 3.63) is 30.3 Å². The van der Waals surface area contributed by atoms with Crippen molar-refractivity contribution in [3.8, 4) is 0 Å². The van der Waals surface area contributed by atoms with Crippen molar-refractivity contribution in [2.45, 2.75) is 4.90 Å². The Morgan fingerprint density at radius 2 is 2.07 bits per heavy atom. The average Bonchev–Trinajstić information content (AvgIpc) is 2.25.